The number of carbonyl (C=O) groups excluding carboxylic acids is 1. The zero-order valence-corrected chi connectivity index (χ0v) is 10.6. The van der Waals surface area contributed by atoms with Crippen LogP contribution in [0.4, 0.5) is 13.2 Å². The maximum absolute atomic E-state index is 12.6. The molecule has 0 spiro atoms. The molecule has 0 unspecified atom stereocenters. The predicted molar refractivity (Wildman–Crippen MR) is 67.6 cm³/mol. The van der Waals surface area contributed by atoms with Crippen LogP contribution < -0.4 is 0 Å². The van der Waals surface area contributed by atoms with Crippen LogP contribution in [-0.4, -0.2) is 16.6 Å². The summed E-state index contributed by atoms with van der Waals surface area (Å²) in [7, 11) is 0. The van der Waals surface area contributed by atoms with Gasteiger partial charge in [0.2, 0.25) is 0 Å². The Balaban J connectivity index is 2.43. The Morgan fingerprint density at radius 2 is 2.05 bits per heavy atom. The van der Waals surface area contributed by atoms with Crippen molar-refractivity contribution in [1.29, 1.82) is 0 Å². The SMILES string of the molecule is O=C(CCCCl)c1c[nH]c2ccc(C(F)(F)F)cc12. The lowest BCUT2D eigenvalue weighted by molar-refractivity contribution is -0.137. The lowest BCUT2D eigenvalue weighted by atomic mass is 10.0. The molecule has 0 aliphatic rings. The van der Waals surface area contributed by atoms with Crippen LogP contribution in [0.25, 0.3) is 10.9 Å². The van der Waals surface area contributed by atoms with Gasteiger partial charge in [-0.15, -0.1) is 11.6 Å². The third kappa shape index (κ3) is 2.92. The maximum atomic E-state index is 12.6. The maximum Gasteiger partial charge on any atom is 0.416 e. The lowest BCUT2D eigenvalue weighted by Gasteiger charge is -2.06. The van der Waals surface area contributed by atoms with Gasteiger partial charge >= 0.3 is 6.18 Å². The van der Waals surface area contributed by atoms with E-state index in [2.05, 4.69) is 4.98 Å². The molecular weight excluding hydrogens is 279 g/mol. The normalized spacial score (nSPS) is 12.0. The summed E-state index contributed by atoms with van der Waals surface area (Å²) < 4.78 is 37.9. The molecule has 6 heteroatoms. The highest BCUT2D eigenvalue weighted by atomic mass is 35.5. The predicted octanol–water partition coefficient (Wildman–Crippen LogP) is 4.39. The van der Waals surface area contributed by atoms with Crippen molar-refractivity contribution in [2.24, 2.45) is 0 Å². The van der Waals surface area contributed by atoms with Crippen molar-refractivity contribution < 1.29 is 18.0 Å². The standard InChI is InChI=1S/C13H11ClF3NO/c14-5-1-2-12(19)10-7-18-11-4-3-8(6-9(10)11)13(15,16)17/h3-4,6-7,18H,1-2,5H2. The minimum absolute atomic E-state index is 0.203. The second-order valence-electron chi connectivity index (χ2n) is 4.18. The molecule has 0 radical (unpaired) electrons. The first-order valence-corrected chi connectivity index (χ1v) is 6.24. The minimum Gasteiger partial charge on any atom is -0.360 e. The molecule has 0 fully saturated rings. The summed E-state index contributed by atoms with van der Waals surface area (Å²) in [5.41, 5.74) is 0.0411. The summed E-state index contributed by atoms with van der Waals surface area (Å²) in [6.45, 7) is 0. The number of alkyl halides is 4. The Kier molecular flexibility index (Phi) is 3.85. The number of ketones is 1. The number of hydrogen-bond acceptors (Lipinski definition) is 1. The van der Waals surface area contributed by atoms with Crippen LogP contribution >= 0.6 is 11.6 Å². The molecule has 2 rings (SSSR count). The molecule has 1 aromatic heterocycles. The van der Waals surface area contributed by atoms with Crippen LogP contribution in [0, 0.1) is 0 Å². The van der Waals surface area contributed by atoms with E-state index in [4.69, 9.17) is 11.6 Å². The van der Waals surface area contributed by atoms with Crippen LogP contribution in [0.2, 0.25) is 0 Å². The zero-order chi connectivity index (χ0) is 14.0. The van der Waals surface area contributed by atoms with Crippen molar-refractivity contribution >= 4 is 28.3 Å². The van der Waals surface area contributed by atoms with Crippen LogP contribution in [-0.2, 0) is 6.18 Å². The molecule has 0 saturated carbocycles. The van der Waals surface area contributed by atoms with Gasteiger partial charge in [0.15, 0.2) is 5.78 Å². The monoisotopic (exact) mass is 289 g/mol. The highest BCUT2D eigenvalue weighted by Gasteiger charge is 2.31. The van der Waals surface area contributed by atoms with Crippen molar-refractivity contribution in [2.75, 3.05) is 5.88 Å². The largest absolute Gasteiger partial charge is 0.416 e. The van der Waals surface area contributed by atoms with E-state index in [9.17, 15) is 18.0 Å². The van der Waals surface area contributed by atoms with Crippen molar-refractivity contribution in [2.45, 2.75) is 19.0 Å². The minimum atomic E-state index is -4.41. The fourth-order valence-corrected chi connectivity index (χ4v) is 2.02. The van der Waals surface area contributed by atoms with Crippen LogP contribution in [0.5, 0.6) is 0 Å². The molecule has 1 N–H and O–H groups in total. The van der Waals surface area contributed by atoms with Gasteiger partial charge in [0, 0.05) is 35.0 Å². The molecule has 0 saturated heterocycles. The summed E-state index contributed by atoms with van der Waals surface area (Å²) in [5.74, 6) is 0.147. The Morgan fingerprint density at radius 1 is 1.32 bits per heavy atom. The summed E-state index contributed by atoms with van der Waals surface area (Å²) in [4.78, 5) is 14.7. The zero-order valence-electron chi connectivity index (χ0n) is 9.85. The number of fused-ring (bicyclic) bond motifs is 1. The molecule has 0 aliphatic heterocycles. The van der Waals surface area contributed by atoms with Crippen molar-refractivity contribution in [3.63, 3.8) is 0 Å². The van der Waals surface area contributed by atoms with Gasteiger partial charge in [-0.3, -0.25) is 4.79 Å². The Bertz CT molecular complexity index is 603. The number of rotatable bonds is 4. The number of aromatic amines is 1. The molecule has 0 amide bonds. The molecule has 19 heavy (non-hydrogen) atoms. The Labute approximate surface area is 112 Å². The number of Topliss-reactive ketones (excluding diaryl/α,β-unsaturated/α-hetero) is 1. The molecule has 102 valence electrons. The van der Waals surface area contributed by atoms with E-state index in [-0.39, 0.29) is 17.8 Å². The number of H-pyrrole nitrogens is 1. The second-order valence-corrected chi connectivity index (χ2v) is 4.55. The molecule has 2 aromatic rings. The van der Waals surface area contributed by atoms with E-state index in [1.807, 2.05) is 0 Å². The van der Waals surface area contributed by atoms with E-state index in [0.29, 0.717) is 23.2 Å². The van der Waals surface area contributed by atoms with Gasteiger partial charge in [-0.25, -0.2) is 0 Å². The van der Waals surface area contributed by atoms with Gasteiger partial charge in [-0.1, -0.05) is 0 Å². The quantitative estimate of drug-likeness (QED) is 0.657. The number of hydrogen-bond donors (Lipinski definition) is 1. The molecule has 1 heterocycles. The molecular formula is C13H11ClF3NO. The van der Waals surface area contributed by atoms with E-state index < -0.39 is 11.7 Å². The van der Waals surface area contributed by atoms with E-state index in [0.717, 1.165) is 12.1 Å². The van der Waals surface area contributed by atoms with Crippen LogP contribution in [0.1, 0.15) is 28.8 Å². The van der Waals surface area contributed by atoms with Crippen LogP contribution in [0.3, 0.4) is 0 Å². The number of halogens is 4. The smallest absolute Gasteiger partial charge is 0.360 e. The third-order valence-corrected chi connectivity index (χ3v) is 3.11. The summed E-state index contributed by atoms with van der Waals surface area (Å²) >= 11 is 5.50. The van der Waals surface area contributed by atoms with Gasteiger partial charge in [-0.2, -0.15) is 13.2 Å². The van der Waals surface area contributed by atoms with Crippen molar-refractivity contribution in [1.82, 2.24) is 4.98 Å². The summed E-state index contributed by atoms with van der Waals surface area (Å²) in [5, 5.41) is 0.300. The number of nitrogens with one attached hydrogen (secondary N) is 1. The molecule has 0 aliphatic carbocycles. The lowest BCUT2D eigenvalue weighted by Crippen LogP contribution is -2.05. The second kappa shape index (κ2) is 5.25. The van der Waals surface area contributed by atoms with Crippen molar-refractivity contribution in [3.05, 3.63) is 35.5 Å². The average Bonchev–Trinajstić information content (AvgIpc) is 2.77. The van der Waals surface area contributed by atoms with E-state index in [1.54, 1.807) is 0 Å². The first-order valence-electron chi connectivity index (χ1n) is 5.71. The third-order valence-electron chi connectivity index (χ3n) is 2.85. The fourth-order valence-electron chi connectivity index (χ4n) is 1.89. The fraction of sp³-hybridized carbons (Fsp3) is 0.308. The average molecular weight is 290 g/mol. The first-order chi connectivity index (χ1) is 8.93. The summed E-state index contributed by atoms with van der Waals surface area (Å²) in [6.07, 6.45) is -2.23. The number of aromatic nitrogens is 1. The van der Waals surface area contributed by atoms with E-state index in [1.165, 1.54) is 12.3 Å². The van der Waals surface area contributed by atoms with Crippen LogP contribution in [0.15, 0.2) is 24.4 Å². The Morgan fingerprint density at radius 3 is 2.68 bits per heavy atom. The molecule has 1 aromatic carbocycles. The van der Waals surface area contributed by atoms with Gasteiger partial charge in [-0.05, 0) is 24.6 Å². The molecule has 2 nitrogen and oxygen atoms in total. The highest BCUT2D eigenvalue weighted by molar-refractivity contribution is 6.18. The number of carbonyl (C=O) groups is 1. The van der Waals surface area contributed by atoms with Gasteiger partial charge in [0.1, 0.15) is 0 Å². The topological polar surface area (TPSA) is 32.9 Å². The van der Waals surface area contributed by atoms with Gasteiger partial charge < -0.3 is 4.98 Å². The van der Waals surface area contributed by atoms with Gasteiger partial charge in [0.25, 0.3) is 0 Å². The first kappa shape index (κ1) is 13.9. The van der Waals surface area contributed by atoms with Gasteiger partial charge in [0.05, 0.1) is 5.56 Å². The van der Waals surface area contributed by atoms with Crippen molar-refractivity contribution in [3.8, 4) is 0 Å². The molecule has 0 atom stereocenters. The Hall–Kier alpha value is -1.49. The number of benzene rings is 1. The van der Waals surface area contributed by atoms with E-state index >= 15 is 0 Å². The summed E-state index contributed by atoms with van der Waals surface area (Å²) in [6, 6.07) is 3.32. The molecule has 0 bridgehead atoms. The highest BCUT2D eigenvalue weighted by Crippen LogP contribution is 2.32.